The van der Waals surface area contributed by atoms with Gasteiger partial charge < -0.3 is 31.1 Å². The van der Waals surface area contributed by atoms with Crippen LogP contribution in [0.15, 0.2) is 0 Å². The van der Waals surface area contributed by atoms with Gasteiger partial charge in [0.2, 0.25) is 0 Å². The molecule has 0 fully saturated rings. The Balaban J connectivity index is 4.55. The second-order valence-electron chi connectivity index (χ2n) is 16.4. The van der Waals surface area contributed by atoms with Gasteiger partial charge in [0.1, 0.15) is 0 Å². The molecule has 0 aromatic carbocycles. The molecular weight excluding hydrogens is 675 g/mol. The Bertz CT molecular complexity index is 701. The summed E-state index contributed by atoms with van der Waals surface area (Å²) in [6, 6.07) is 0. The summed E-state index contributed by atoms with van der Waals surface area (Å²) < 4.78 is 26.4. The zero-order valence-corrected chi connectivity index (χ0v) is 37.2. The first-order valence-electron chi connectivity index (χ1n) is 23.7. The molecule has 0 saturated carbocycles. The molecule has 0 heterocycles. The number of nitrogens with one attached hydrogen (secondary N) is 2. The summed E-state index contributed by atoms with van der Waals surface area (Å²) in [5.41, 5.74) is 11.4. The van der Waals surface area contributed by atoms with Gasteiger partial charge in [-0.1, -0.05) is 206 Å². The third-order valence-corrected chi connectivity index (χ3v) is 12.2. The van der Waals surface area contributed by atoms with E-state index in [1.165, 1.54) is 180 Å². The molecule has 0 aromatic rings. The van der Waals surface area contributed by atoms with Crippen molar-refractivity contribution in [3.63, 3.8) is 0 Å². The summed E-state index contributed by atoms with van der Waals surface area (Å²) in [5.74, 6) is 0. The predicted molar refractivity (Wildman–Crippen MR) is 235 cm³/mol. The summed E-state index contributed by atoms with van der Waals surface area (Å²) in [7, 11) is -3.22. The fraction of sp³-hybridized carbons (Fsp3) is 1.00. The maximum Gasteiger partial charge on any atom is 0.328 e. The fourth-order valence-electron chi connectivity index (χ4n) is 7.43. The van der Waals surface area contributed by atoms with E-state index in [1.807, 2.05) is 0 Å². The highest BCUT2D eigenvalue weighted by molar-refractivity contribution is 7.53. The molecule has 7 nitrogen and oxygen atoms in total. The molecule has 1 atom stereocenters. The van der Waals surface area contributed by atoms with Crippen LogP contribution in [0.5, 0.6) is 0 Å². The van der Waals surface area contributed by atoms with E-state index < -0.39 is 7.60 Å². The largest absolute Gasteiger partial charge is 0.330 e. The van der Waals surface area contributed by atoms with Gasteiger partial charge >= 0.3 is 7.60 Å². The van der Waals surface area contributed by atoms with Gasteiger partial charge in [-0.15, -0.1) is 0 Å². The van der Waals surface area contributed by atoms with Gasteiger partial charge in [-0.2, -0.15) is 0 Å². The molecule has 0 spiro atoms. The van der Waals surface area contributed by atoms with Crippen molar-refractivity contribution in [2.45, 2.75) is 244 Å². The SMILES string of the molecule is CCCCCCCCCCCCCCCCCC(CCCCCCCCCCCCCCCCC)OP(C)(=O)OC(CNCCCN)CNCCCN. The molecule has 0 aliphatic rings. The molecule has 1 unspecified atom stereocenters. The van der Waals surface area contributed by atoms with Crippen molar-refractivity contribution in [2.24, 2.45) is 11.5 Å². The quantitative estimate of drug-likeness (QED) is 0.0360. The fourth-order valence-corrected chi connectivity index (χ4v) is 8.92. The maximum atomic E-state index is 13.8. The highest BCUT2D eigenvalue weighted by Gasteiger charge is 2.27. The standard InChI is InChI=1S/C45H97N4O3P/c1-4-6-8-10-12-14-16-18-20-22-24-26-28-30-32-36-44(37-33-31-29-27-25-23-21-19-17-15-13-11-9-7-5-2)51-53(3,50)52-45(42-48-40-34-38-46)43-49-41-35-39-47/h44-45,48-49H,4-43,46-47H2,1-3H3. The van der Waals surface area contributed by atoms with E-state index in [9.17, 15) is 4.57 Å². The minimum atomic E-state index is -3.22. The van der Waals surface area contributed by atoms with Crippen LogP contribution in [0.1, 0.15) is 232 Å². The summed E-state index contributed by atoms with van der Waals surface area (Å²) in [6.45, 7) is 10.5. The lowest BCUT2D eigenvalue weighted by atomic mass is 10.0. The first-order chi connectivity index (χ1) is 26.0. The number of rotatable bonds is 46. The lowest BCUT2D eigenvalue weighted by Gasteiger charge is -2.27. The molecule has 320 valence electrons. The lowest BCUT2D eigenvalue weighted by Crippen LogP contribution is -2.38. The van der Waals surface area contributed by atoms with Gasteiger partial charge in [0.15, 0.2) is 0 Å². The van der Waals surface area contributed by atoms with Gasteiger partial charge in [0.05, 0.1) is 12.2 Å². The van der Waals surface area contributed by atoms with Crippen LogP contribution in [0.3, 0.4) is 0 Å². The number of nitrogens with two attached hydrogens (primary N) is 2. The molecule has 0 aromatic heterocycles. The molecule has 0 rings (SSSR count). The van der Waals surface area contributed by atoms with E-state index in [4.69, 9.17) is 20.5 Å². The van der Waals surface area contributed by atoms with E-state index in [0.717, 1.165) is 51.6 Å². The number of hydrogen-bond donors (Lipinski definition) is 4. The van der Waals surface area contributed by atoms with Crippen molar-refractivity contribution >= 4 is 7.60 Å². The average molecular weight is 773 g/mol. The van der Waals surface area contributed by atoms with Crippen molar-refractivity contribution in [3.8, 4) is 0 Å². The predicted octanol–water partition coefficient (Wildman–Crippen LogP) is 13.0. The van der Waals surface area contributed by atoms with Crippen molar-refractivity contribution in [1.82, 2.24) is 10.6 Å². The molecule has 0 aliphatic heterocycles. The van der Waals surface area contributed by atoms with Gasteiger partial charge in [-0.3, -0.25) is 4.57 Å². The van der Waals surface area contributed by atoms with E-state index in [1.54, 1.807) is 6.66 Å². The minimum absolute atomic E-state index is 0.00540. The van der Waals surface area contributed by atoms with E-state index in [2.05, 4.69) is 24.5 Å². The van der Waals surface area contributed by atoms with Crippen molar-refractivity contribution in [3.05, 3.63) is 0 Å². The van der Waals surface area contributed by atoms with Crippen LogP contribution in [0.4, 0.5) is 0 Å². The van der Waals surface area contributed by atoms with Gasteiger partial charge in [0.25, 0.3) is 0 Å². The first-order valence-corrected chi connectivity index (χ1v) is 25.7. The van der Waals surface area contributed by atoms with Crippen molar-refractivity contribution in [1.29, 1.82) is 0 Å². The minimum Gasteiger partial charge on any atom is -0.330 e. The normalized spacial score (nSPS) is 13.1. The second kappa shape index (κ2) is 43.1. The molecule has 53 heavy (non-hydrogen) atoms. The zero-order chi connectivity index (χ0) is 38.8. The molecule has 0 amide bonds. The van der Waals surface area contributed by atoms with Gasteiger partial charge in [-0.05, 0) is 51.9 Å². The lowest BCUT2D eigenvalue weighted by molar-refractivity contribution is 0.103. The molecule has 0 bridgehead atoms. The zero-order valence-electron chi connectivity index (χ0n) is 36.3. The number of unbranched alkanes of at least 4 members (excludes halogenated alkanes) is 28. The van der Waals surface area contributed by atoms with E-state index >= 15 is 0 Å². The van der Waals surface area contributed by atoms with Crippen LogP contribution >= 0.6 is 7.60 Å². The Hall–Kier alpha value is -0.0100. The maximum absolute atomic E-state index is 13.8. The van der Waals surface area contributed by atoms with Gasteiger partial charge in [0, 0.05) is 19.8 Å². The summed E-state index contributed by atoms with van der Waals surface area (Å²) >= 11 is 0. The molecule has 0 aliphatic carbocycles. The molecule has 8 heteroatoms. The van der Waals surface area contributed by atoms with Crippen LogP contribution in [-0.2, 0) is 13.6 Å². The Labute approximate surface area is 332 Å². The van der Waals surface area contributed by atoms with Crippen molar-refractivity contribution < 1.29 is 13.6 Å². The number of hydrogen-bond acceptors (Lipinski definition) is 7. The van der Waals surface area contributed by atoms with Gasteiger partial charge in [-0.25, -0.2) is 0 Å². The third-order valence-electron chi connectivity index (χ3n) is 10.8. The van der Waals surface area contributed by atoms with Crippen LogP contribution in [-0.4, -0.2) is 58.1 Å². The van der Waals surface area contributed by atoms with Crippen LogP contribution < -0.4 is 22.1 Å². The summed E-state index contributed by atoms with van der Waals surface area (Å²) in [4.78, 5) is 0. The van der Waals surface area contributed by atoms with E-state index in [-0.39, 0.29) is 12.2 Å². The topological polar surface area (TPSA) is 112 Å². The Morgan fingerprint density at radius 2 is 0.679 bits per heavy atom. The monoisotopic (exact) mass is 773 g/mol. The molecule has 0 saturated heterocycles. The van der Waals surface area contributed by atoms with Crippen LogP contribution in [0, 0.1) is 0 Å². The Morgan fingerprint density at radius 1 is 0.415 bits per heavy atom. The second-order valence-corrected chi connectivity index (χ2v) is 18.4. The average Bonchev–Trinajstić information content (AvgIpc) is 3.14. The Kier molecular flexibility index (Phi) is 43.1. The Morgan fingerprint density at radius 3 is 0.962 bits per heavy atom. The first kappa shape index (κ1) is 53.0. The van der Waals surface area contributed by atoms with Crippen LogP contribution in [0.2, 0.25) is 0 Å². The van der Waals surface area contributed by atoms with Crippen molar-refractivity contribution in [2.75, 3.05) is 45.9 Å². The smallest absolute Gasteiger partial charge is 0.328 e. The summed E-state index contributed by atoms with van der Waals surface area (Å²) in [6.07, 6.45) is 44.6. The van der Waals surface area contributed by atoms with Crippen LogP contribution in [0.25, 0.3) is 0 Å². The summed E-state index contributed by atoms with van der Waals surface area (Å²) in [5, 5.41) is 6.85. The highest BCUT2D eigenvalue weighted by atomic mass is 31.2. The highest BCUT2D eigenvalue weighted by Crippen LogP contribution is 2.47. The third kappa shape index (κ3) is 41.4. The molecule has 0 radical (unpaired) electrons. The molecule has 6 N–H and O–H groups in total. The molecular formula is C45H97N4O3P. The van der Waals surface area contributed by atoms with E-state index in [0.29, 0.717) is 26.2 Å².